The number of aromatic nitrogens is 1. The lowest BCUT2D eigenvalue weighted by Gasteiger charge is -2.30. The van der Waals surface area contributed by atoms with Crippen LogP contribution in [-0.4, -0.2) is 52.5 Å². The van der Waals surface area contributed by atoms with E-state index in [1.54, 1.807) is 24.1 Å². The number of aryl methyl sites for hydroxylation is 1. The number of unbranched alkanes of at least 4 members (excludes halogenated alkanes) is 1. The van der Waals surface area contributed by atoms with Crippen LogP contribution in [0.15, 0.2) is 42.6 Å². The molecule has 0 aliphatic heterocycles. The number of urea groups is 1. The Morgan fingerprint density at radius 1 is 1.17 bits per heavy atom. The van der Waals surface area contributed by atoms with Gasteiger partial charge in [0.15, 0.2) is 0 Å². The van der Waals surface area contributed by atoms with Crippen molar-refractivity contribution < 1.29 is 14.3 Å². The first kappa shape index (κ1) is 23.3. The average molecular weight is 415 g/mol. The molecule has 2 rings (SSSR count). The molecule has 0 unspecified atom stereocenters. The van der Waals surface area contributed by atoms with Crippen LogP contribution in [0.25, 0.3) is 0 Å². The van der Waals surface area contributed by atoms with Crippen LogP contribution in [0.5, 0.6) is 5.75 Å². The summed E-state index contributed by atoms with van der Waals surface area (Å²) in [5, 5.41) is 2.87. The van der Waals surface area contributed by atoms with Gasteiger partial charge in [0, 0.05) is 31.5 Å². The Morgan fingerprint density at radius 3 is 2.50 bits per heavy atom. The van der Waals surface area contributed by atoms with E-state index in [2.05, 4.69) is 12.2 Å². The predicted octanol–water partition coefficient (Wildman–Crippen LogP) is 4.10. The molecular weight excluding hydrogens is 380 g/mol. The van der Waals surface area contributed by atoms with Gasteiger partial charge >= 0.3 is 6.03 Å². The van der Waals surface area contributed by atoms with Crippen LogP contribution in [0.1, 0.15) is 39.3 Å². The molecule has 1 N–H and O–H groups in total. The average Bonchev–Trinajstić information content (AvgIpc) is 3.13. The first-order chi connectivity index (χ1) is 14.4. The van der Waals surface area contributed by atoms with E-state index in [-0.39, 0.29) is 24.5 Å². The summed E-state index contributed by atoms with van der Waals surface area (Å²) < 4.78 is 7.32. The summed E-state index contributed by atoms with van der Waals surface area (Å²) in [6.45, 7) is 7.13. The second-order valence-corrected chi connectivity index (χ2v) is 7.63. The normalized spacial score (nSPS) is 10.7. The minimum Gasteiger partial charge on any atom is -0.495 e. The highest BCUT2D eigenvalue weighted by atomic mass is 16.5. The largest absolute Gasteiger partial charge is 0.495 e. The molecule has 0 aliphatic rings. The summed E-state index contributed by atoms with van der Waals surface area (Å²) in [6, 6.07) is 10.8. The number of methoxy groups -OCH3 is 1. The molecule has 0 atom stereocenters. The van der Waals surface area contributed by atoms with Crippen LogP contribution in [-0.2, 0) is 18.4 Å². The lowest BCUT2D eigenvalue weighted by atomic mass is 10.2. The Balaban J connectivity index is 2.12. The molecule has 0 radical (unpaired) electrons. The Hall–Kier alpha value is -2.96. The lowest BCUT2D eigenvalue weighted by molar-refractivity contribution is -0.132. The molecule has 3 amide bonds. The summed E-state index contributed by atoms with van der Waals surface area (Å²) in [5.41, 5.74) is 1.64. The third kappa shape index (κ3) is 6.27. The predicted molar refractivity (Wildman–Crippen MR) is 120 cm³/mol. The Kier molecular flexibility index (Phi) is 8.77. The molecule has 0 saturated carbocycles. The van der Waals surface area contributed by atoms with E-state index in [9.17, 15) is 9.59 Å². The maximum atomic E-state index is 13.2. The zero-order valence-corrected chi connectivity index (χ0v) is 18.7. The molecule has 0 bridgehead atoms. The van der Waals surface area contributed by atoms with Gasteiger partial charge in [-0.2, -0.15) is 0 Å². The molecule has 0 aliphatic carbocycles. The molecule has 1 heterocycles. The summed E-state index contributed by atoms with van der Waals surface area (Å²) in [6.07, 6.45) is 3.89. The van der Waals surface area contributed by atoms with Crippen molar-refractivity contribution in [2.24, 2.45) is 7.05 Å². The number of rotatable bonds is 10. The number of carbonyl (C=O) groups excluding carboxylic acids is 2. The van der Waals surface area contributed by atoms with Gasteiger partial charge in [-0.25, -0.2) is 4.79 Å². The van der Waals surface area contributed by atoms with Crippen LogP contribution in [0.2, 0.25) is 0 Å². The monoisotopic (exact) mass is 414 g/mol. The summed E-state index contributed by atoms with van der Waals surface area (Å²) in [7, 11) is 3.53. The van der Waals surface area contributed by atoms with Gasteiger partial charge in [0.25, 0.3) is 0 Å². The van der Waals surface area contributed by atoms with Crippen molar-refractivity contribution in [1.82, 2.24) is 14.4 Å². The van der Waals surface area contributed by atoms with Crippen molar-refractivity contribution in [3.05, 3.63) is 48.3 Å². The molecule has 30 heavy (non-hydrogen) atoms. The Morgan fingerprint density at radius 2 is 1.90 bits per heavy atom. The van der Waals surface area contributed by atoms with Crippen LogP contribution >= 0.6 is 0 Å². The van der Waals surface area contributed by atoms with Gasteiger partial charge in [-0.05, 0) is 44.5 Å². The maximum absolute atomic E-state index is 13.2. The Labute approximate surface area is 179 Å². The van der Waals surface area contributed by atoms with Crippen LogP contribution in [0, 0.1) is 0 Å². The number of anilines is 1. The van der Waals surface area contributed by atoms with Crippen LogP contribution < -0.4 is 10.1 Å². The van der Waals surface area contributed by atoms with E-state index >= 15 is 0 Å². The number of nitrogens with one attached hydrogen (secondary N) is 1. The van der Waals surface area contributed by atoms with E-state index in [0.717, 1.165) is 18.5 Å². The van der Waals surface area contributed by atoms with Crippen molar-refractivity contribution in [1.29, 1.82) is 0 Å². The highest BCUT2D eigenvalue weighted by molar-refractivity contribution is 5.93. The molecule has 7 nitrogen and oxygen atoms in total. The number of nitrogens with zero attached hydrogens (tertiary/aromatic N) is 3. The topological polar surface area (TPSA) is 66.8 Å². The zero-order valence-electron chi connectivity index (χ0n) is 18.7. The number of amides is 3. The second-order valence-electron chi connectivity index (χ2n) is 7.63. The molecule has 0 fully saturated rings. The van der Waals surface area contributed by atoms with Gasteiger partial charge in [0.05, 0.1) is 19.3 Å². The van der Waals surface area contributed by atoms with Crippen LogP contribution in [0.4, 0.5) is 10.5 Å². The fraction of sp³-hybridized carbons (Fsp3) is 0.478. The van der Waals surface area contributed by atoms with Crippen molar-refractivity contribution in [3.8, 4) is 5.75 Å². The minimum atomic E-state index is -0.322. The standard InChI is InChI=1S/C23H34N4O3/c1-6-7-15-26(16-19-11-10-14-25(19)4)22(28)17-27(18(2)3)23(29)24-20-12-8-9-13-21(20)30-5/h8-14,18H,6-7,15-17H2,1-5H3,(H,24,29). The van der Waals surface area contributed by atoms with Gasteiger partial charge in [0.2, 0.25) is 5.91 Å². The van der Waals surface area contributed by atoms with E-state index in [4.69, 9.17) is 4.74 Å². The number of carbonyl (C=O) groups is 2. The van der Waals surface area contributed by atoms with Crippen molar-refractivity contribution in [3.63, 3.8) is 0 Å². The maximum Gasteiger partial charge on any atom is 0.322 e. The third-order valence-electron chi connectivity index (χ3n) is 5.08. The van der Waals surface area contributed by atoms with Gasteiger partial charge in [-0.15, -0.1) is 0 Å². The van der Waals surface area contributed by atoms with Crippen LogP contribution in [0.3, 0.4) is 0 Å². The zero-order chi connectivity index (χ0) is 22.1. The first-order valence-electron chi connectivity index (χ1n) is 10.5. The number of para-hydroxylation sites is 2. The second kappa shape index (κ2) is 11.3. The smallest absolute Gasteiger partial charge is 0.322 e. The van der Waals surface area contributed by atoms with Gasteiger partial charge in [0.1, 0.15) is 12.3 Å². The van der Waals surface area contributed by atoms with E-state index < -0.39 is 0 Å². The molecule has 1 aromatic carbocycles. The first-order valence-corrected chi connectivity index (χ1v) is 10.5. The molecule has 1 aromatic heterocycles. The van der Waals surface area contributed by atoms with Crippen molar-refractivity contribution >= 4 is 17.6 Å². The van der Waals surface area contributed by atoms with E-state index in [1.807, 2.05) is 60.8 Å². The SMILES string of the molecule is CCCCN(Cc1cccn1C)C(=O)CN(C(=O)Nc1ccccc1OC)C(C)C. The van der Waals surface area contributed by atoms with Gasteiger partial charge in [-0.3, -0.25) is 4.79 Å². The van der Waals surface area contributed by atoms with Gasteiger partial charge < -0.3 is 24.4 Å². The summed E-state index contributed by atoms with van der Waals surface area (Å²) in [4.78, 5) is 29.5. The molecule has 0 saturated heterocycles. The number of hydrogen-bond acceptors (Lipinski definition) is 3. The summed E-state index contributed by atoms with van der Waals surface area (Å²) in [5.74, 6) is 0.516. The summed E-state index contributed by atoms with van der Waals surface area (Å²) >= 11 is 0. The lowest BCUT2D eigenvalue weighted by Crippen LogP contribution is -2.47. The third-order valence-corrected chi connectivity index (χ3v) is 5.08. The number of benzene rings is 1. The number of ether oxygens (including phenoxy) is 1. The van der Waals surface area contributed by atoms with Crippen molar-refractivity contribution in [2.75, 3.05) is 25.5 Å². The molecule has 2 aromatic rings. The highest BCUT2D eigenvalue weighted by Gasteiger charge is 2.24. The van der Waals surface area contributed by atoms with Crippen molar-refractivity contribution in [2.45, 2.75) is 46.2 Å². The Bertz CT molecular complexity index is 831. The van der Waals surface area contributed by atoms with E-state index in [0.29, 0.717) is 24.5 Å². The quantitative estimate of drug-likeness (QED) is 0.636. The molecule has 7 heteroatoms. The number of hydrogen-bond donors (Lipinski definition) is 1. The molecule has 0 spiro atoms. The minimum absolute atomic E-state index is 0.0206. The fourth-order valence-corrected chi connectivity index (χ4v) is 3.17. The molecule has 164 valence electrons. The fourth-order valence-electron chi connectivity index (χ4n) is 3.17. The van der Waals surface area contributed by atoms with E-state index in [1.165, 1.54) is 0 Å². The molecular formula is C23H34N4O3. The highest BCUT2D eigenvalue weighted by Crippen LogP contribution is 2.23. The van der Waals surface area contributed by atoms with Gasteiger partial charge in [-0.1, -0.05) is 25.5 Å².